The van der Waals surface area contributed by atoms with Crippen molar-refractivity contribution in [1.82, 2.24) is 19.8 Å². The number of carbonyl (C=O) groups is 2. The minimum absolute atomic E-state index is 0.00108. The van der Waals surface area contributed by atoms with Crippen LogP contribution in [-0.4, -0.2) is 67.0 Å². The molecule has 0 radical (unpaired) electrons. The number of nitrogens with zero attached hydrogens (tertiary/aromatic N) is 4. The van der Waals surface area contributed by atoms with Gasteiger partial charge in [0.1, 0.15) is 0 Å². The summed E-state index contributed by atoms with van der Waals surface area (Å²) in [4.78, 5) is 53.6. The molecule has 2 aromatic carbocycles. The first-order chi connectivity index (χ1) is 19.7. The first-order valence-electron chi connectivity index (χ1n) is 13.2. The van der Waals surface area contributed by atoms with E-state index in [0.717, 1.165) is 25.9 Å². The molecule has 4 heterocycles. The van der Waals surface area contributed by atoms with Crippen molar-refractivity contribution in [2.45, 2.75) is 31.9 Å². The third-order valence-corrected chi connectivity index (χ3v) is 7.75. The van der Waals surface area contributed by atoms with E-state index in [-0.39, 0.29) is 34.6 Å². The lowest BCUT2D eigenvalue weighted by molar-refractivity contribution is -0.384. The van der Waals surface area contributed by atoms with Crippen LogP contribution in [0.3, 0.4) is 0 Å². The van der Waals surface area contributed by atoms with E-state index >= 15 is 0 Å². The second kappa shape index (κ2) is 10.3. The van der Waals surface area contributed by atoms with Gasteiger partial charge in [0.15, 0.2) is 0 Å². The van der Waals surface area contributed by atoms with Crippen LogP contribution in [0.15, 0.2) is 48.8 Å². The molecule has 1 fully saturated rings. The molecule has 210 valence electrons. The summed E-state index contributed by atoms with van der Waals surface area (Å²) in [7, 11) is 0. The summed E-state index contributed by atoms with van der Waals surface area (Å²) in [6.45, 7) is 2.44. The van der Waals surface area contributed by atoms with Crippen LogP contribution in [0.5, 0.6) is 0 Å². The zero-order valence-corrected chi connectivity index (χ0v) is 21.8. The van der Waals surface area contributed by atoms with Crippen molar-refractivity contribution in [2.75, 3.05) is 19.6 Å². The van der Waals surface area contributed by atoms with E-state index in [1.165, 1.54) is 42.9 Å². The Morgan fingerprint density at radius 2 is 1.49 bits per heavy atom. The molecule has 0 saturated carbocycles. The topological polar surface area (TPSA) is 177 Å². The van der Waals surface area contributed by atoms with Crippen molar-refractivity contribution in [3.05, 3.63) is 80.1 Å². The molecule has 3 N–H and O–H groups in total. The molecular formula is C28H26N6O7. The van der Waals surface area contributed by atoms with E-state index in [0.29, 0.717) is 33.9 Å². The predicted octanol–water partition coefficient (Wildman–Crippen LogP) is 3.35. The number of nitro groups is 2. The first kappa shape index (κ1) is 26.3. The van der Waals surface area contributed by atoms with Crippen molar-refractivity contribution in [3.8, 4) is 0 Å². The Morgan fingerprint density at radius 3 is 2.17 bits per heavy atom. The van der Waals surface area contributed by atoms with Crippen molar-refractivity contribution < 1.29 is 24.5 Å². The largest absolute Gasteiger partial charge is 0.390 e. The van der Waals surface area contributed by atoms with E-state index in [4.69, 9.17) is 0 Å². The number of benzene rings is 2. The van der Waals surface area contributed by atoms with E-state index in [1.54, 1.807) is 16.8 Å². The smallest absolute Gasteiger partial charge is 0.270 e. The van der Waals surface area contributed by atoms with Gasteiger partial charge in [-0.15, -0.1) is 0 Å². The number of nitro benzene ring substituents is 2. The number of fused-ring (bicyclic) bond motifs is 2. The molecule has 2 aromatic heterocycles. The number of aromatic amines is 1. The Hall–Kier alpha value is -4.88. The van der Waals surface area contributed by atoms with Crippen molar-refractivity contribution in [2.24, 2.45) is 0 Å². The highest BCUT2D eigenvalue weighted by Gasteiger charge is 2.36. The highest BCUT2D eigenvalue weighted by Crippen LogP contribution is 2.40. The van der Waals surface area contributed by atoms with E-state index in [1.807, 2.05) is 0 Å². The van der Waals surface area contributed by atoms with Gasteiger partial charge in [-0.25, -0.2) is 0 Å². The zero-order valence-electron chi connectivity index (χ0n) is 21.8. The number of carbonyl (C=O) groups excluding carboxylic acids is 2. The second-order valence-electron chi connectivity index (χ2n) is 10.4. The van der Waals surface area contributed by atoms with Crippen LogP contribution < -0.4 is 5.32 Å². The number of piperidine rings is 1. The van der Waals surface area contributed by atoms with Crippen molar-refractivity contribution in [3.63, 3.8) is 0 Å². The van der Waals surface area contributed by atoms with Gasteiger partial charge in [0.25, 0.3) is 23.2 Å². The molecule has 0 spiro atoms. The minimum atomic E-state index is -0.742. The first-order valence-corrected chi connectivity index (χ1v) is 13.2. The molecule has 13 nitrogen and oxygen atoms in total. The SMILES string of the molecule is O=C1NC(=O)C(c2cn(CC(O)CN3CCCCC3)c3ccc([N+](=O)[O-])cc23)=C1c1c[nH]c2ccc([N+](=O)[O-])cc12. The van der Waals surface area contributed by atoms with Gasteiger partial charge < -0.3 is 19.6 Å². The molecule has 6 rings (SSSR count). The molecule has 2 aliphatic rings. The van der Waals surface area contributed by atoms with Gasteiger partial charge in [-0.2, -0.15) is 0 Å². The number of rotatable bonds is 8. The zero-order chi connectivity index (χ0) is 28.8. The molecule has 1 atom stereocenters. The highest BCUT2D eigenvalue weighted by molar-refractivity contribution is 6.50. The number of non-ortho nitro benzene ring substituents is 2. The average Bonchev–Trinajstić information content (AvgIpc) is 3.60. The molecule has 4 aromatic rings. The van der Waals surface area contributed by atoms with Gasteiger partial charge in [0.05, 0.1) is 27.1 Å². The number of aliphatic hydroxyl groups excluding tert-OH is 1. The maximum absolute atomic E-state index is 13.3. The maximum Gasteiger partial charge on any atom is 0.270 e. The molecule has 13 heteroatoms. The highest BCUT2D eigenvalue weighted by atomic mass is 16.6. The normalized spacial score (nSPS) is 17.0. The maximum atomic E-state index is 13.3. The predicted molar refractivity (Wildman–Crippen MR) is 150 cm³/mol. The molecule has 41 heavy (non-hydrogen) atoms. The fourth-order valence-corrected chi connectivity index (χ4v) is 5.87. The number of likely N-dealkylation sites (tertiary alicyclic amines) is 1. The number of β-amino-alcohol motifs (C(OH)–C–C–N with tert-alkyl or cyclic N) is 1. The van der Waals surface area contributed by atoms with Gasteiger partial charge in [-0.3, -0.25) is 35.1 Å². The van der Waals surface area contributed by atoms with Crippen molar-refractivity contribution >= 4 is 56.1 Å². The summed E-state index contributed by atoms with van der Waals surface area (Å²) in [5.41, 5.74) is 1.28. The number of hydrogen-bond donors (Lipinski definition) is 3. The minimum Gasteiger partial charge on any atom is -0.390 e. The van der Waals surface area contributed by atoms with Crippen LogP contribution in [-0.2, 0) is 16.1 Å². The van der Waals surface area contributed by atoms with E-state index in [2.05, 4.69) is 15.2 Å². The molecule has 1 unspecified atom stereocenters. The Bertz CT molecular complexity index is 1780. The second-order valence-corrected chi connectivity index (χ2v) is 10.4. The van der Waals surface area contributed by atoms with Crippen LogP contribution in [0.1, 0.15) is 30.4 Å². The summed E-state index contributed by atoms with van der Waals surface area (Å²) in [6, 6.07) is 8.44. The Labute approximate surface area is 232 Å². The van der Waals surface area contributed by atoms with Gasteiger partial charge in [-0.05, 0) is 38.1 Å². The van der Waals surface area contributed by atoms with Crippen LogP contribution in [0.2, 0.25) is 0 Å². The van der Waals surface area contributed by atoms with E-state index in [9.17, 15) is 34.9 Å². The van der Waals surface area contributed by atoms with Crippen molar-refractivity contribution in [1.29, 1.82) is 0 Å². The molecule has 1 saturated heterocycles. The quantitative estimate of drug-likeness (QED) is 0.167. The number of aromatic nitrogens is 2. The molecule has 0 bridgehead atoms. The fourth-order valence-electron chi connectivity index (χ4n) is 5.87. The third-order valence-electron chi connectivity index (χ3n) is 7.75. The number of amides is 2. The summed E-state index contributed by atoms with van der Waals surface area (Å²) in [6.07, 6.45) is 5.70. The molecular weight excluding hydrogens is 532 g/mol. The molecule has 2 amide bonds. The van der Waals surface area contributed by atoms with Gasteiger partial charge in [0.2, 0.25) is 0 Å². The number of nitrogens with one attached hydrogen (secondary N) is 2. The Balaban J connectivity index is 1.50. The van der Waals surface area contributed by atoms with E-state index < -0.39 is 27.8 Å². The summed E-state index contributed by atoms with van der Waals surface area (Å²) in [5.74, 6) is -1.38. The lowest BCUT2D eigenvalue weighted by atomic mass is 9.95. The Morgan fingerprint density at radius 1 is 0.854 bits per heavy atom. The monoisotopic (exact) mass is 558 g/mol. The fraction of sp³-hybridized carbons (Fsp3) is 0.286. The summed E-state index contributed by atoms with van der Waals surface area (Å²) >= 11 is 0. The number of H-pyrrole nitrogens is 1. The standard InChI is InChI=1S/C28H26N6O7/c35-18(13-31-8-2-1-3-9-31)14-32-15-22(20-11-17(34(40)41)5-7-24(20)32)26-25(27(36)30-28(26)37)21-12-29-23-6-4-16(33(38)39)10-19(21)23/h4-7,10-12,15,18,29,35H,1-3,8-9,13-14H2,(H,30,36,37). The molecule has 2 aliphatic heterocycles. The third kappa shape index (κ3) is 4.74. The van der Waals surface area contributed by atoms with Crippen LogP contribution >= 0.6 is 0 Å². The van der Waals surface area contributed by atoms with Crippen LogP contribution in [0.25, 0.3) is 33.0 Å². The van der Waals surface area contributed by atoms with Crippen LogP contribution in [0, 0.1) is 20.2 Å². The van der Waals surface area contributed by atoms with Gasteiger partial charge in [-0.1, -0.05) is 6.42 Å². The van der Waals surface area contributed by atoms with Gasteiger partial charge >= 0.3 is 0 Å². The summed E-state index contributed by atoms with van der Waals surface area (Å²) in [5, 5.41) is 37.1. The number of aliphatic hydroxyl groups is 1. The lowest BCUT2D eigenvalue weighted by Gasteiger charge is -2.28. The number of hydrogen-bond acceptors (Lipinski definition) is 8. The molecule has 0 aliphatic carbocycles. The number of imide groups is 1. The van der Waals surface area contributed by atoms with Gasteiger partial charge in [0, 0.05) is 82.7 Å². The Kier molecular flexibility index (Phi) is 6.59. The lowest BCUT2D eigenvalue weighted by Crippen LogP contribution is -2.37. The van der Waals surface area contributed by atoms with Crippen LogP contribution in [0.4, 0.5) is 11.4 Å². The average molecular weight is 559 g/mol. The summed E-state index contributed by atoms with van der Waals surface area (Å²) < 4.78 is 1.74.